The SMILES string of the molecule is CS(=O)(=O)c1cc(C#N)cc(S(C)(=O)=O)c1. The van der Waals surface area contributed by atoms with Gasteiger partial charge in [-0.15, -0.1) is 0 Å². The molecule has 1 aromatic rings. The zero-order valence-corrected chi connectivity index (χ0v) is 10.3. The summed E-state index contributed by atoms with van der Waals surface area (Å²) in [6.45, 7) is 0. The van der Waals surface area contributed by atoms with Gasteiger partial charge in [-0.3, -0.25) is 0 Å². The van der Waals surface area contributed by atoms with E-state index in [1.807, 2.05) is 0 Å². The first-order valence-corrected chi connectivity index (χ1v) is 7.88. The van der Waals surface area contributed by atoms with E-state index >= 15 is 0 Å². The van der Waals surface area contributed by atoms with Crippen LogP contribution >= 0.6 is 0 Å². The van der Waals surface area contributed by atoms with Crippen LogP contribution in [-0.2, 0) is 19.7 Å². The molecule has 0 fully saturated rings. The van der Waals surface area contributed by atoms with Crippen molar-refractivity contribution in [3.8, 4) is 6.07 Å². The van der Waals surface area contributed by atoms with E-state index in [0.29, 0.717) is 0 Å². The van der Waals surface area contributed by atoms with E-state index in [0.717, 1.165) is 30.7 Å². The van der Waals surface area contributed by atoms with Crippen molar-refractivity contribution in [2.24, 2.45) is 0 Å². The molecule has 0 spiro atoms. The molecule has 0 N–H and O–H groups in total. The fraction of sp³-hybridized carbons (Fsp3) is 0.222. The van der Waals surface area contributed by atoms with Gasteiger partial charge in [-0.2, -0.15) is 5.26 Å². The first kappa shape index (κ1) is 12.7. The molecule has 16 heavy (non-hydrogen) atoms. The summed E-state index contributed by atoms with van der Waals surface area (Å²) in [6, 6.07) is 5.06. The Balaban J connectivity index is 3.66. The molecule has 0 saturated heterocycles. The lowest BCUT2D eigenvalue weighted by molar-refractivity contribution is 0.600. The van der Waals surface area contributed by atoms with Crippen molar-refractivity contribution in [1.82, 2.24) is 0 Å². The highest BCUT2D eigenvalue weighted by molar-refractivity contribution is 7.91. The number of rotatable bonds is 2. The van der Waals surface area contributed by atoms with Gasteiger partial charge in [0.05, 0.1) is 21.4 Å². The third-order valence-electron chi connectivity index (χ3n) is 1.87. The molecular weight excluding hydrogens is 250 g/mol. The summed E-state index contributed by atoms with van der Waals surface area (Å²) in [5.74, 6) is 0. The molecule has 1 rings (SSSR count). The average Bonchev–Trinajstić information content (AvgIpc) is 2.14. The lowest BCUT2D eigenvalue weighted by Crippen LogP contribution is -2.03. The van der Waals surface area contributed by atoms with Crippen molar-refractivity contribution >= 4 is 19.7 Å². The normalized spacial score (nSPS) is 12.1. The van der Waals surface area contributed by atoms with Gasteiger partial charge in [-0.1, -0.05) is 0 Å². The van der Waals surface area contributed by atoms with Crippen LogP contribution < -0.4 is 0 Å². The van der Waals surface area contributed by atoms with E-state index in [2.05, 4.69) is 0 Å². The van der Waals surface area contributed by atoms with Crippen molar-refractivity contribution in [3.63, 3.8) is 0 Å². The van der Waals surface area contributed by atoms with Gasteiger partial charge in [-0.05, 0) is 18.2 Å². The Labute approximate surface area is 94.2 Å². The molecular formula is C9H9NO4S2. The van der Waals surface area contributed by atoms with Crippen molar-refractivity contribution in [2.75, 3.05) is 12.5 Å². The van der Waals surface area contributed by atoms with Crippen LogP contribution in [0.3, 0.4) is 0 Å². The fourth-order valence-electron chi connectivity index (χ4n) is 1.06. The van der Waals surface area contributed by atoms with Crippen LogP contribution in [-0.4, -0.2) is 29.3 Å². The molecule has 7 heteroatoms. The number of sulfone groups is 2. The van der Waals surface area contributed by atoms with E-state index in [1.165, 1.54) is 0 Å². The predicted molar refractivity (Wildman–Crippen MR) is 57.4 cm³/mol. The molecule has 0 saturated carbocycles. The smallest absolute Gasteiger partial charge is 0.175 e. The molecule has 0 bridgehead atoms. The number of hydrogen-bond donors (Lipinski definition) is 0. The largest absolute Gasteiger partial charge is 0.224 e. The molecule has 0 unspecified atom stereocenters. The van der Waals surface area contributed by atoms with Crippen LogP contribution in [0.2, 0.25) is 0 Å². The van der Waals surface area contributed by atoms with Crippen LogP contribution in [0.1, 0.15) is 5.56 Å². The molecule has 0 amide bonds. The van der Waals surface area contributed by atoms with E-state index in [9.17, 15) is 16.8 Å². The molecule has 0 radical (unpaired) electrons. The monoisotopic (exact) mass is 259 g/mol. The van der Waals surface area contributed by atoms with Gasteiger partial charge in [-0.25, -0.2) is 16.8 Å². The topological polar surface area (TPSA) is 92.1 Å². The third kappa shape index (κ3) is 2.81. The van der Waals surface area contributed by atoms with Crippen LogP contribution in [0, 0.1) is 11.3 Å². The van der Waals surface area contributed by atoms with Gasteiger partial charge >= 0.3 is 0 Å². The van der Waals surface area contributed by atoms with Crippen LogP contribution in [0.5, 0.6) is 0 Å². The molecule has 0 aromatic heterocycles. The second kappa shape index (κ2) is 3.88. The molecule has 86 valence electrons. The summed E-state index contributed by atoms with van der Waals surface area (Å²) in [6.07, 6.45) is 1.91. The second-order valence-electron chi connectivity index (χ2n) is 3.35. The predicted octanol–water partition coefficient (Wildman–Crippen LogP) is 0.365. The van der Waals surface area contributed by atoms with Crippen molar-refractivity contribution in [3.05, 3.63) is 23.8 Å². The molecule has 1 aromatic carbocycles. The standard InChI is InChI=1S/C9H9NO4S2/c1-15(11,12)8-3-7(6-10)4-9(5-8)16(2,13)14/h3-5H,1-2H3. The van der Waals surface area contributed by atoms with Gasteiger partial charge in [0.15, 0.2) is 19.7 Å². The molecule has 0 aliphatic heterocycles. The Hall–Kier alpha value is -1.39. The van der Waals surface area contributed by atoms with Gasteiger partial charge in [0.2, 0.25) is 0 Å². The van der Waals surface area contributed by atoms with E-state index in [-0.39, 0.29) is 15.4 Å². The lowest BCUT2D eigenvalue weighted by atomic mass is 10.2. The van der Waals surface area contributed by atoms with Gasteiger partial charge in [0.1, 0.15) is 0 Å². The molecule has 0 aliphatic rings. The van der Waals surface area contributed by atoms with Crippen LogP contribution in [0.15, 0.2) is 28.0 Å². The maximum Gasteiger partial charge on any atom is 0.175 e. The Morgan fingerprint density at radius 3 is 1.56 bits per heavy atom. The Bertz CT molecular complexity index is 616. The quantitative estimate of drug-likeness (QED) is 0.764. The lowest BCUT2D eigenvalue weighted by Gasteiger charge is -2.03. The summed E-state index contributed by atoms with van der Waals surface area (Å²) >= 11 is 0. The molecule has 0 aliphatic carbocycles. The minimum Gasteiger partial charge on any atom is -0.224 e. The summed E-state index contributed by atoms with van der Waals surface area (Å²) < 4.78 is 45.1. The number of benzene rings is 1. The van der Waals surface area contributed by atoms with Crippen LogP contribution in [0.25, 0.3) is 0 Å². The Morgan fingerprint density at radius 2 is 1.31 bits per heavy atom. The van der Waals surface area contributed by atoms with E-state index in [1.54, 1.807) is 6.07 Å². The highest BCUT2D eigenvalue weighted by atomic mass is 32.2. The Morgan fingerprint density at radius 1 is 0.938 bits per heavy atom. The summed E-state index contributed by atoms with van der Waals surface area (Å²) in [4.78, 5) is -0.348. The maximum atomic E-state index is 11.3. The zero-order chi connectivity index (χ0) is 12.6. The maximum absolute atomic E-state index is 11.3. The van der Waals surface area contributed by atoms with Crippen molar-refractivity contribution in [2.45, 2.75) is 9.79 Å². The van der Waals surface area contributed by atoms with Crippen molar-refractivity contribution in [1.29, 1.82) is 5.26 Å². The molecule has 5 nitrogen and oxygen atoms in total. The molecule has 0 heterocycles. The van der Waals surface area contributed by atoms with Gasteiger partial charge in [0.25, 0.3) is 0 Å². The average molecular weight is 259 g/mol. The Kier molecular flexibility index (Phi) is 3.08. The summed E-state index contributed by atoms with van der Waals surface area (Å²) in [7, 11) is -7.07. The summed E-state index contributed by atoms with van der Waals surface area (Å²) in [5.41, 5.74) is 0.00310. The minimum atomic E-state index is -3.53. The first-order chi connectivity index (χ1) is 7.14. The number of hydrogen-bond acceptors (Lipinski definition) is 5. The minimum absolute atomic E-state index is 0.00310. The molecule has 0 atom stereocenters. The second-order valence-corrected chi connectivity index (χ2v) is 7.38. The van der Waals surface area contributed by atoms with Crippen LogP contribution in [0.4, 0.5) is 0 Å². The number of nitrogens with zero attached hydrogens (tertiary/aromatic N) is 1. The highest BCUT2D eigenvalue weighted by Crippen LogP contribution is 2.18. The number of nitriles is 1. The van der Waals surface area contributed by atoms with Gasteiger partial charge in [0, 0.05) is 12.5 Å². The summed E-state index contributed by atoms with van der Waals surface area (Å²) in [5, 5.41) is 8.68. The third-order valence-corrected chi connectivity index (χ3v) is 4.05. The fourth-order valence-corrected chi connectivity index (χ4v) is 2.50. The van der Waals surface area contributed by atoms with Crippen molar-refractivity contribution < 1.29 is 16.8 Å². The van der Waals surface area contributed by atoms with E-state index < -0.39 is 19.7 Å². The zero-order valence-electron chi connectivity index (χ0n) is 8.63. The highest BCUT2D eigenvalue weighted by Gasteiger charge is 2.15. The van der Waals surface area contributed by atoms with E-state index in [4.69, 9.17) is 5.26 Å². The first-order valence-electron chi connectivity index (χ1n) is 4.10. The van der Waals surface area contributed by atoms with Gasteiger partial charge < -0.3 is 0 Å².